The average Bonchev–Trinajstić information content (AvgIpc) is 3.00. The maximum Gasteiger partial charge on any atom is 0.264 e. The Morgan fingerprint density at radius 1 is 1.32 bits per heavy atom. The smallest absolute Gasteiger partial charge is 0.264 e. The van der Waals surface area contributed by atoms with Crippen LogP contribution in [0, 0.1) is 5.92 Å². The molecule has 2 atom stereocenters. The second-order valence-corrected chi connectivity index (χ2v) is 9.87. The summed E-state index contributed by atoms with van der Waals surface area (Å²) >= 11 is 0. The molecule has 0 radical (unpaired) electrons. The molecular weight excluding hydrogens is 373 g/mol. The van der Waals surface area contributed by atoms with Crippen molar-refractivity contribution in [1.29, 1.82) is 0 Å². The van der Waals surface area contributed by atoms with Crippen molar-refractivity contribution >= 4 is 20.1 Å². The number of hydrogen-bond acceptors (Lipinski definition) is 6. The molecule has 2 aliphatic rings. The zero-order valence-electron chi connectivity index (χ0n) is 13.7. The van der Waals surface area contributed by atoms with Gasteiger partial charge in [0.05, 0.1) is 24.4 Å². The summed E-state index contributed by atoms with van der Waals surface area (Å²) < 4.78 is 73.0. The zero-order valence-corrected chi connectivity index (χ0v) is 15.4. The standard InChI is InChI=1S/C15H20FNO6S2/c1-24(18,19)23-10-12-4-6-17(9-14(12)16)25(20,21)13-2-3-15-11(8-13)5-7-22-15/h2-3,8,12,14H,4-7,9-10H2,1H3/t12-,14+/m0/s1. The number of benzene rings is 1. The van der Waals surface area contributed by atoms with E-state index in [0.717, 1.165) is 16.1 Å². The third kappa shape index (κ3) is 4.13. The van der Waals surface area contributed by atoms with Crippen LogP contribution in [0.2, 0.25) is 0 Å². The van der Waals surface area contributed by atoms with Crippen LogP contribution in [0.5, 0.6) is 5.75 Å². The van der Waals surface area contributed by atoms with Crippen LogP contribution in [0.25, 0.3) is 0 Å². The molecule has 0 aromatic heterocycles. The lowest BCUT2D eigenvalue weighted by atomic mass is 9.97. The van der Waals surface area contributed by atoms with Crippen LogP contribution >= 0.6 is 0 Å². The lowest BCUT2D eigenvalue weighted by molar-refractivity contribution is 0.0935. The van der Waals surface area contributed by atoms with Gasteiger partial charge in [-0.2, -0.15) is 12.7 Å². The average molecular weight is 393 g/mol. The Morgan fingerprint density at radius 3 is 2.76 bits per heavy atom. The molecule has 1 aromatic rings. The minimum absolute atomic E-state index is 0.119. The molecule has 3 rings (SSSR count). The van der Waals surface area contributed by atoms with Crippen molar-refractivity contribution in [2.24, 2.45) is 5.92 Å². The highest BCUT2D eigenvalue weighted by Crippen LogP contribution is 2.31. The van der Waals surface area contributed by atoms with E-state index in [1.807, 2.05) is 0 Å². The van der Waals surface area contributed by atoms with Gasteiger partial charge in [0.25, 0.3) is 10.1 Å². The highest BCUT2D eigenvalue weighted by atomic mass is 32.2. The topological polar surface area (TPSA) is 90.0 Å². The number of alkyl halides is 1. The molecule has 0 amide bonds. The van der Waals surface area contributed by atoms with Gasteiger partial charge in [0.1, 0.15) is 11.9 Å². The van der Waals surface area contributed by atoms with Crippen molar-refractivity contribution in [1.82, 2.24) is 4.31 Å². The van der Waals surface area contributed by atoms with Gasteiger partial charge in [-0.25, -0.2) is 12.8 Å². The summed E-state index contributed by atoms with van der Waals surface area (Å²) in [6.07, 6.45) is 0.263. The van der Waals surface area contributed by atoms with Gasteiger partial charge < -0.3 is 4.74 Å². The van der Waals surface area contributed by atoms with Gasteiger partial charge in [-0.1, -0.05) is 0 Å². The predicted octanol–water partition coefficient (Wildman–Crippen LogP) is 0.946. The molecule has 7 nitrogen and oxygen atoms in total. The van der Waals surface area contributed by atoms with E-state index >= 15 is 0 Å². The van der Waals surface area contributed by atoms with E-state index in [9.17, 15) is 21.2 Å². The highest BCUT2D eigenvalue weighted by molar-refractivity contribution is 7.89. The van der Waals surface area contributed by atoms with Crippen LogP contribution in [-0.4, -0.2) is 59.9 Å². The molecule has 25 heavy (non-hydrogen) atoms. The first-order valence-corrected chi connectivity index (χ1v) is 11.2. The van der Waals surface area contributed by atoms with Crippen molar-refractivity contribution in [2.45, 2.75) is 23.9 Å². The van der Waals surface area contributed by atoms with Crippen molar-refractivity contribution in [3.05, 3.63) is 23.8 Å². The van der Waals surface area contributed by atoms with Crippen molar-refractivity contribution in [2.75, 3.05) is 32.6 Å². The van der Waals surface area contributed by atoms with Crippen molar-refractivity contribution < 1.29 is 30.1 Å². The van der Waals surface area contributed by atoms with Crippen molar-refractivity contribution in [3.63, 3.8) is 0 Å². The molecule has 10 heteroatoms. The number of sulfonamides is 1. The lowest BCUT2D eigenvalue weighted by Gasteiger charge is -2.33. The third-order valence-electron chi connectivity index (χ3n) is 4.43. The van der Waals surface area contributed by atoms with Crippen LogP contribution in [0.1, 0.15) is 12.0 Å². The summed E-state index contributed by atoms with van der Waals surface area (Å²) in [7, 11) is -7.45. The molecule has 1 saturated heterocycles. The van der Waals surface area contributed by atoms with E-state index in [4.69, 9.17) is 4.74 Å². The first kappa shape index (κ1) is 18.6. The number of fused-ring (bicyclic) bond motifs is 1. The number of halogens is 1. The van der Waals surface area contributed by atoms with E-state index in [1.165, 1.54) is 6.07 Å². The second kappa shape index (κ2) is 6.82. The minimum Gasteiger partial charge on any atom is -0.493 e. The fraction of sp³-hybridized carbons (Fsp3) is 0.600. The number of rotatable bonds is 5. The van der Waals surface area contributed by atoms with Crippen LogP contribution < -0.4 is 4.74 Å². The Morgan fingerprint density at radius 2 is 2.08 bits per heavy atom. The monoisotopic (exact) mass is 393 g/mol. The Hall–Kier alpha value is -1.23. The number of hydrogen-bond donors (Lipinski definition) is 0. The second-order valence-electron chi connectivity index (χ2n) is 6.28. The van der Waals surface area contributed by atoms with Crippen LogP contribution in [0.3, 0.4) is 0 Å². The van der Waals surface area contributed by atoms with Gasteiger partial charge in [0.15, 0.2) is 0 Å². The van der Waals surface area contributed by atoms with Gasteiger partial charge >= 0.3 is 0 Å². The van der Waals surface area contributed by atoms with Gasteiger partial charge in [-0.3, -0.25) is 4.18 Å². The molecule has 1 fully saturated rings. The molecule has 1 aromatic carbocycles. The van der Waals surface area contributed by atoms with E-state index in [1.54, 1.807) is 12.1 Å². The van der Waals surface area contributed by atoms with Crippen molar-refractivity contribution in [3.8, 4) is 5.75 Å². The first-order valence-electron chi connectivity index (χ1n) is 7.91. The first-order chi connectivity index (χ1) is 11.7. The predicted molar refractivity (Wildman–Crippen MR) is 88.2 cm³/mol. The molecule has 0 spiro atoms. The molecule has 0 N–H and O–H groups in total. The summed E-state index contributed by atoms with van der Waals surface area (Å²) in [5, 5.41) is 0. The molecular formula is C15H20FNO6S2. The van der Waals surface area contributed by atoms with Gasteiger partial charge in [-0.05, 0) is 30.2 Å². The maximum absolute atomic E-state index is 14.3. The molecule has 2 heterocycles. The van der Waals surface area contributed by atoms with E-state index in [-0.39, 0.29) is 31.0 Å². The summed E-state index contributed by atoms with van der Waals surface area (Å²) in [4.78, 5) is 0.120. The lowest BCUT2D eigenvalue weighted by Crippen LogP contribution is -2.46. The Kier molecular flexibility index (Phi) is 5.06. The van der Waals surface area contributed by atoms with Crippen LogP contribution in [0.4, 0.5) is 4.39 Å². The summed E-state index contributed by atoms with van der Waals surface area (Å²) in [5.41, 5.74) is 0.828. The number of ether oxygens (including phenoxy) is 1. The van der Waals surface area contributed by atoms with E-state index in [2.05, 4.69) is 4.18 Å². The maximum atomic E-state index is 14.3. The molecule has 0 unspecified atom stereocenters. The Bertz CT molecular complexity index is 855. The molecule has 0 bridgehead atoms. The van der Waals surface area contributed by atoms with Gasteiger partial charge in [0, 0.05) is 25.4 Å². The van der Waals surface area contributed by atoms with Gasteiger partial charge in [0.2, 0.25) is 10.0 Å². The SMILES string of the molecule is CS(=O)(=O)OC[C@@H]1CCN(S(=O)(=O)c2ccc3c(c2)CCO3)C[C@H]1F. The van der Waals surface area contributed by atoms with E-state index in [0.29, 0.717) is 18.8 Å². The minimum atomic E-state index is -3.80. The van der Waals surface area contributed by atoms with E-state index < -0.39 is 32.2 Å². The fourth-order valence-electron chi connectivity index (χ4n) is 3.02. The van der Waals surface area contributed by atoms with Gasteiger partial charge in [-0.15, -0.1) is 0 Å². The summed E-state index contributed by atoms with van der Waals surface area (Å²) in [5.74, 6) is 0.0357. The highest BCUT2D eigenvalue weighted by Gasteiger charge is 2.36. The number of nitrogens with zero attached hydrogens (tertiary/aromatic N) is 1. The Balaban J connectivity index is 1.70. The normalized spacial score (nSPS) is 24.7. The molecule has 2 aliphatic heterocycles. The molecule has 0 saturated carbocycles. The largest absolute Gasteiger partial charge is 0.493 e. The molecule has 140 valence electrons. The quantitative estimate of drug-likeness (QED) is 0.692. The third-order valence-corrected chi connectivity index (χ3v) is 6.86. The number of piperidine rings is 1. The molecule has 0 aliphatic carbocycles. The van der Waals surface area contributed by atoms with Crippen LogP contribution in [0.15, 0.2) is 23.1 Å². The fourth-order valence-corrected chi connectivity index (χ4v) is 4.95. The summed E-state index contributed by atoms with van der Waals surface area (Å²) in [6, 6.07) is 4.66. The Labute approximate surface area is 146 Å². The summed E-state index contributed by atoms with van der Waals surface area (Å²) in [6.45, 7) is 0.0586. The zero-order chi connectivity index (χ0) is 18.2. The van der Waals surface area contributed by atoms with Crippen LogP contribution in [-0.2, 0) is 30.7 Å².